The van der Waals surface area contributed by atoms with Crippen LogP contribution in [0.2, 0.25) is 0 Å². The average Bonchev–Trinajstić information content (AvgIpc) is 3.82. The standard InChI is InChI=1S/C67H46N3O.Ir/c1-2-12-50(13-3-1)53-33-36-66-62(43-53)60-35-31-54(45-67(60)71-66)61-44-55(65-18-8-11-39-70-65)32-34-59(61)58-15-5-4-14-57(58)56-41-48(21-19-46-23-27-51(28-24-46)63-16-6-9-37-68-63)40-49(42-56)22-20-47-25-29-52(30-26-47)64-17-7-10-38-69-64;/h1-18,23-27,29,31,33-45H,19-22H2;/q-3;+3. The maximum absolute atomic E-state index is 6.62. The molecule has 0 amide bonds. The predicted octanol–water partition coefficient (Wildman–Crippen LogP) is 16.4. The van der Waals surface area contributed by atoms with Gasteiger partial charge < -0.3 is 19.4 Å². The van der Waals surface area contributed by atoms with Crippen molar-refractivity contribution in [3.63, 3.8) is 0 Å². The number of benzene rings is 8. The third-order valence-electron chi connectivity index (χ3n) is 13.4. The van der Waals surface area contributed by atoms with Gasteiger partial charge in [-0.05, 0) is 111 Å². The van der Waals surface area contributed by atoms with Gasteiger partial charge in [0.2, 0.25) is 0 Å². The van der Waals surface area contributed by atoms with E-state index in [1.54, 1.807) is 0 Å². The Hall–Kier alpha value is -8.34. The molecule has 12 rings (SSSR count). The fourth-order valence-electron chi connectivity index (χ4n) is 9.72. The smallest absolute Gasteiger partial charge is 0.456 e. The average molecular weight is 1100 g/mol. The zero-order chi connectivity index (χ0) is 47.3. The first-order chi connectivity index (χ1) is 35.1. The molecule has 4 heterocycles. The van der Waals surface area contributed by atoms with Crippen LogP contribution in [0.3, 0.4) is 0 Å². The van der Waals surface area contributed by atoms with E-state index >= 15 is 0 Å². The van der Waals surface area contributed by atoms with Gasteiger partial charge in [-0.25, -0.2) is 0 Å². The maximum Gasteiger partial charge on any atom is 3.00 e. The van der Waals surface area contributed by atoms with E-state index in [0.29, 0.717) is 0 Å². The van der Waals surface area contributed by atoms with Crippen molar-refractivity contribution < 1.29 is 24.5 Å². The molecule has 4 nitrogen and oxygen atoms in total. The van der Waals surface area contributed by atoms with Gasteiger partial charge in [-0.2, -0.15) is 0 Å². The molecule has 8 aromatic carbocycles. The number of hydrogen-bond donors (Lipinski definition) is 0. The second-order valence-corrected chi connectivity index (χ2v) is 18.0. The Morgan fingerprint density at radius 1 is 0.319 bits per heavy atom. The molecule has 0 radical (unpaired) electrons. The Balaban J connectivity index is 0.00000560. The molecular formula is C67H46IrN3O. The number of rotatable bonds is 13. The molecule has 0 saturated carbocycles. The van der Waals surface area contributed by atoms with Gasteiger partial charge in [-0.1, -0.05) is 151 Å². The van der Waals surface area contributed by atoms with E-state index in [4.69, 9.17) is 9.40 Å². The van der Waals surface area contributed by atoms with E-state index in [1.165, 1.54) is 33.4 Å². The van der Waals surface area contributed by atoms with Crippen molar-refractivity contribution in [3.8, 4) is 78.3 Å². The monoisotopic (exact) mass is 1100 g/mol. The summed E-state index contributed by atoms with van der Waals surface area (Å²) in [5.74, 6) is 0. The number of fused-ring (bicyclic) bond motifs is 3. The van der Waals surface area contributed by atoms with Crippen LogP contribution >= 0.6 is 0 Å². The van der Waals surface area contributed by atoms with Crippen molar-refractivity contribution in [1.82, 2.24) is 15.0 Å². The van der Waals surface area contributed by atoms with E-state index in [-0.39, 0.29) is 20.1 Å². The Kier molecular flexibility index (Phi) is 13.4. The Labute approximate surface area is 434 Å². The summed E-state index contributed by atoms with van der Waals surface area (Å²) in [6.07, 6.45) is 9.04. The van der Waals surface area contributed by atoms with Crippen molar-refractivity contribution in [2.75, 3.05) is 0 Å². The minimum Gasteiger partial charge on any atom is -0.456 e. The molecule has 0 aliphatic rings. The number of aryl methyl sites for hydroxylation is 4. The summed E-state index contributed by atoms with van der Waals surface area (Å²) in [6, 6.07) is 85.5. The molecule has 0 spiro atoms. The van der Waals surface area contributed by atoms with Crippen LogP contribution in [0, 0.1) is 18.2 Å². The molecule has 5 heteroatoms. The van der Waals surface area contributed by atoms with Crippen LogP contribution < -0.4 is 0 Å². The second-order valence-electron chi connectivity index (χ2n) is 18.0. The third kappa shape index (κ3) is 9.86. The fourth-order valence-corrected chi connectivity index (χ4v) is 9.72. The first-order valence-corrected chi connectivity index (χ1v) is 24.2. The van der Waals surface area contributed by atoms with E-state index < -0.39 is 0 Å². The molecule has 0 atom stereocenters. The summed E-state index contributed by atoms with van der Waals surface area (Å²) in [7, 11) is 0. The van der Waals surface area contributed by atoms with Crippen molar-refractivity contribution >= 4 is 21.9 Å². The summed E-state index contributed by atoms with van der Waals surface area (Å²) in [5, 5.41) is 2.19. The first kappa shape index (κ1) is 46.1. The normalized spacial score (nSPS) is 11.2. The SMILES string of the molecule is [Ir+3].[c-]1cc(CCc2cc(CCc3c[c-]c(-c4ccccn4)cc3)cc(-c3ccccc3-c3c[c-]c(-c4ccccn4)cc3-c3ccc4c(c3)oc3ccc(-c5ccccc5)cc34)c2)ccc1-c1ccccn1. The second kappa shape index (κ2) is 20.9. The molecule has 4 aromatic heterocycles. The van der Waals surface area contributed by atoms with Gasteiger partial charge in [0.1, 0.15) is 11.2 Å². The zero-order valence-electron chi connectivity index (χ0n) is 39.4. The van der Waals surface area contributed by atoms with Crippen LogP contribution in [0.25, 0.3) is 100 Å². The molecule has 12 aromatic rings. The Morgan fingerprint density at radius 2 is 0.875 bits per heavy atom. The predicted molar refractivity (Wildman–Crippen MR) is 289 cm³/mol. The van der Waals surface area contributed by atoms with Crippen LogP contribution in [0.1, 0.15) is 22.3 Å². The quantitative estimate of drug-likeness (QED) is 0.108. The van der Waals surface area contributed by atoms with Crippen LogP contribution in [0.4, 0.5) is 0 Å². The summed E-state index contributed by atoms with van der Waals surface area (Å²) in [4.78, 5) is 13.8. The molecule has 0 fully saturated rings. The number of furan rings is 1. The van der Waals surface area contributed by atoms with Crippen molar-refractivity contribution in [1.29, 1.82) is 0 Å². The number of hydrogen-bond acceptors (Lipinski definition) is 4. The van der Waals surface area contributed by atoms with Crippen LogP contribution in [0.5, 0.6) is 0 Å². The third-order valence-corrected chi connectivity index (χ3v) is 13.4. The van der Waals surface area contributed by atoms with Gasteiger partial charge in [0.05, 0.1) is 0 Å². The molecule has 0 aliphatic heterocycles. The van der Waals surface area contributed by atoms with Crippen molar-refractivity contribution in [2.45, 2.75) is 25.7 Å². The van der Waals surface area contributed by atoms with Gasteiger partial charge in [0.15, 0.2) is 0 Å². The molecule has 344 valence electrons. The number of nitrogens with zero attached hydrogens (tertiary/aromatic N) is 3. The van der Waals surface area contributed by atoms with E-state index in [1.807, 2.05) is 73.2 Å². The topological polar surface area (TPSA) is 51.8 Å². The molecule has 0 aliphatic carbocycles. The number of aromatic nitrogens is 3. The molecule has 0 saturated heterocycles. The van der Waals surface area contributed by atoms with Gasteiger partial charge >= 0.3 is 20.1 Å². The molecule has 0 unspecified atom stereocenters. The van der Waals surface area contributed by atoms with Gasteiger partial charge in [0, 0.05) is 29.4 Å². The summed E-state index contributed by atoms with van der Waals surface area (Å²) >= 11 is 0. The molecule has 0 bridgehead atoms. The Bertz CT molecular complexity index is 3680. The van der Waals surface area contributed by atoms with Gasteiger partial charge in [-0.3, -0.25) is 0 Å². The van der Waals surface area contributed by atoms with Gasteiger partial charge in [0.25, 0.3) is 0 Å². The molecule has 72 heavy (non-hydrogen) atoms. The van der Waals surface area contributed by atoms with Crippen LogP contribution in [0.15, 0.2) is 235 Å². The molecule has 0 N–H and O–H groups in total. The van der Waals surface area contributed by atoms with E-state index in [0.717, 1.165) is 115 Å². The minimum atomic E-state index is 0. The van der Waals surface area contributed by atoms with E-state index in [9.17, 15) is 0 Å². The van der Waals surface area contributed by atoms with Crippen molar-refractivity contribution in [3.05, 3.63) is 271 Å². The Morgan fingerprint density at radius 3 is 1.47 bits per heavy atom. The molecular weight excluding hydrogens is 1050 g/mol. The van der Waals surface area contributed by atoms with Crippen LogP contribution in [-0.2, 0) is 45.8 Å². The minimum absolute atomic E-state index is 0. The van der Waals surface area contributed by atoms with E-state index in [2.05, 4.69) is 186 Å². The summed E-state index contributed by atoms with van der Waals surface area (Å²) in [6.45, 7) is 0. The fraction of sp³-hybridized carbons (Fsp3) is 0.0597. The number of pyridine rings is 3. The van der Waals surface area contributed by atoms with Crippen LogP contribution in [-0.4, -0.2) is 15.0 Å². The first-order valence-electron chi connectivity index (χ1n) is 24.2. The largest absolute Gasteiger partial charge is 3.00 e. The van der Waals surface area contributed by atoms with Crippen molar-refractivity contribution in [2.24, 2.45) is 0 Å². The van der Waals surface area contributed by atoms with Gasteiger partial charge in [-0.15, -0.1) is 94.5 Å². The maximum atomic E-state index is 6.62. The summed E-state index contributed by atoms with van der Waals surface area (Å²) in [5.41, 5.74) is 21.5. The summed E-state index contributed by atoms with van der Waals surface area (Å²) < 4.78 is 6.62. The zero-order valence-corrected chi connectivity index (χ0v) is 41.7.